The molecule has 0 bridgehead atoms. The molecule has 13 aromatic rings. The molecule has 0 aliphatic heterocycles. The fourth-order valence-corrected chi connectivity index (χ4v) is 9.55. The standard InChI is InChI=1S/C57H35N5O/c1-4-16-36(17-5-1)41-30-29-40(35-47(41)37-18-6-2-7-19-37)61-49-25-13-10-22-42(49)45-31-32-46-43-23-11-14-26-50(43)62(54(46)53(45)61)57-59-55(38-20-8-3-9-21-38)58-56(60-57)39-28-33-52-48(34-39)44-24-12-15-27-51(44)63-52/h1-35H. The van der Waals surface area contributed by atoms with E-state index < -0.39 is 0 Å². The fraction of sp³-hybridized carbons (Fsp3) is 0. The first-order valence-corrected chi connectivity index (χ1v) is 21.2. The number of furan rings is 1. The summed E-state index contributed by atoms with van der Waals surface area (Å²) in [4.78, 5) is 15.9. The van der Waals surface area contributed by atoms with E-state index in [4.69, 9.17) is 19.4 Å². The van der Waals surface area contributed by atoms with Crippen molar-refractivity contribution in [3.8, 4) is 56.7 Å². The van der Waals surface area contributed by atoms with E-state index in [9.17, 15) is 0 Å². The minimum Gasteiger partial charge on any atom is -0.456 e. The Balaban J connectivity index is 1.13. The van der Waals surface area contributed by atoms with E-state index in [-0.39, 0.29) is 0 Å². The van der Waals surface area contributed by atoms with Crippen LogP contribution >= 0.6 is 0 Å². The molecule has 63 heavy (non-hydrogen) atoms. The molecule has 0 aliphatic rings. The van der Waals surface area contributed by atoms with E-state index in [1.807, 2.05) is 48.5 Å². The van der Waals surface area contributed by atoms with Crippen molar-refractivity contribution in [2.45, 2.75) is 0 Å². The van der Waals surface area contributed by atoms with Crippen LogP contribution in [0.3, 0.4) is 0 Å². The van der Waals surface area contributed by atoms with Gasteiger partial charge in [0.2, 0.25) is 5.95 Å². The summed E-state index contributed by atoms with van der Waals surface area (Å²) in [6.07, 6.45) is 0. The third-order valence-corrected chi connectivity index (χ3v) is 12.4. The summed E-state index contributed by atoms with van der Waals surface area (Å²) in [5.74, 6) is 1.71. The van der Waals surface area contributed by atoms with E-state index in [0.29, 0.717) is 17.6 Å². The zero-order valence-corrected chi connectivity index (χ0v) is 33.9. The SMILES string of the molecule is c1ccc(-c2nc(-c3ccc4oc5ccccc5c4c3)nc(-n3c4ccccc4c4ccc5c6ccccc6n(-c6ccc(-c7ccccc7)c(-c7ccccc7)c6)c5c43)n2)cc1. The lowest BCUT2D eigenvalue weighted by Crippen LogP contribution is -2.07. The van der Waals surface area contributed by atoms with Gasteiger partial charge in [0.1, 0.15) is 11.2 Å². The smallest absolute Gasteiger partial charge is 0.238 e. The maximum absolute atomic E-state index is 6.23. The summed E-state index contributed by atoms with van der Waals surface area (Å²) >= 11 is 0. The topological polar surface area (TPSA) is 61.7 Å². The Morgan fingerprint density at radius 1 is 0.317 bits per heavy atom. The van der Waals surface area contributed by atoms with Gasteiger partial charge in [0.05, 0.1) is 22.1 Å². The highest BCUT2D eigenvalue weighted by Crippen LogP contribution is 2.43. The average molecular weight is 806 g/mol. The molecule has 0 N–H and O–H groups in total. The summed E-state index contributed by atoms with van der Waals surface area (Å²) < 4.78 is 10.9. The maximum atomic E-state index is 6.23. The molecule has 294 valence electrons. The summed E-state index contributed by atoms with van der Waals surface area (Å²) in [6.45, 7) is 0. The fourth-order valence-electron chi connectivity index (χ4n) is 9.55. The van der Waals surface area contributed by atoms with Gasteiger partial charge in [-0.1, -0.05) is 164 Å². The Hall–Kier alpha value is -8.61. The van der Waals surface area contributed by atoms with Crippen LogP contribution in [-0.2, 0) is 0 Å². The number of para-hydroxylation sites is 3. The average Bonchev–Trinajstić information content (AvgIpc) is 4.02. The number of rotatable bonds is 6. The monoisotopic (exact) mass is 805 g/mol. The predicted molar refractivity (Wildman–Crippen MR) is 258 cm³/mol. The van der Waals surface area contributed by atoms with Crippen LogP contribution in [-0.4, -0.2) is 24.1 Å². The van der Waals surface area contributed by atoms with Crippen molar-refractivity contribution in [1.82, 2.24) is 24.1 Å². The van der Waals surface area contributed by atoms with E-state index in [2.05, 4.69) is 173 Å². The zero-order chi connectivity index (χ0) is 41.4. The lowest BCUT2D eigenvalue weighted by molar-refractivity contribution is 0.669. The third-order valence-electron chi connectivity index (χ3n) is 12.4. The van der Waals surface area contributed by atoms with Gasteiger partial charge in [-0.25, -0.2) is 4.98 Å². The Kier molecular flexibility index (Phi) is 7.80. The number of hydrogen-bond donors (Lipinski definition) is 0. The maximum Gasteiger partial charge on any atom is 0.238 e. The number of nitrogens with zero attached hydrogens (tertiary/aromatic N) is 5. The molecule has 0 aliphatic carbocycles. The second kappa shape index (κ2) is 14.0. The molecule has 13 rings (SSSR count). The van der Waals surface area contributed by atoms with Gasteiger partial charge in [-0.2, -0.15) is 9.97 Å². The Labute approximate surface area is 361 Å². The van der Waals surface area contributed by atoms with Crippen molar-refractivity contribution in [3.05, 3.63) is 212 Å². The molecular weight excluding hydrogens is 771 g/mol. The quantitative estimate of drug-likeness (QED) is 0.168. The van der Waals surface area contributed by atoms with Crippen molar-refractivity contribution in [3.63, 3.8) is 0 Å². The molecule has 0 unspecified atom stereocenters. The molecule has 0 fully saturated rings. The van der Waals surface area contributed by atoms with Crippen LogP contribution in [0.2, 0.25) is 0 Å². The van der Waals surface area contributed by atoms with Crippen LogP contribution < -0.4 is 0 Å². The molecule has 4 aromatic heterocycles. The summed E-state index contributed by atoms with van der Waals surface area (Å²) in [5, 5.41) is 6.61. The minimum absolute atomic E-state index is 0.538. The van der Waals surface area contributed by atoms with Crippen molar-refractivity contribution in [2.75, 3.05) is 0 Å². The van der Waals surface area contributed by atoms with E-state index in [1.165, 1.54) is 16.5 Å². The second-order valence-electron chi connectivity index (χ2n) is 16.0. The lowest BCUT2D eigenvalue weighted by Gasteiger charge is -2.16. The van der Waals surface area contributed by atoms with Crippen LogP contribution in [0, 0.1) is 0 Å². The van der Waals surface area contributed by atoms with Crippen LogP contribution in [0.1, 0.15) is 0 Å². The zero-order valence-electron chi connectivity index (χ0n) is 33.9. The van der Waals surface area contributed by atoms with E-state index in [0.717, 1.165) is 88.1 Å². The molecule has 6 nitrogen and oxygen atoms in total. The first-order valence-electron chi connectivity index (χ1n) is 21.2. The molecule has 0 spiro atoms. The second-order valence-corrected chi connectivity index (χ2v) is 16.0. The van der Waals surface area contributed by atoms with Gasteiger partial charge in [-0.05, 0) is 70.8 Å². The third kappa shape index (κ3) is 5.55. The first-order chi connectivity index (χ1) is 31.2. The van der Waals surface area contributed by atoms with Gasteiger partial charge < -0.3 is 8.98 Å². The van der Waals surface area contributed by atoms with Crippen molar-refractivity contribution in [1.29, 1.82) is 0 Å². The Morgan fingerprint density at radius 2 is 0.841 bits per heavy atom. The number of aromatic nitrogens is 5. The molecule has 0 amide bonds. The molecular formula is C57H35N5O. The van der Waals surface area contributed by atoms with E-state index in [1.54, 1.807) is 0 Å². The van der Waals surface area contributed by atoms with Gasteiger partial charge in [0.15, 0.2) is 11.6 Å². The summed E-state index contributed by atoms with van der Waals surface area (Å²) in [5.41, 5.74) is 13.4. The van der Waals surface area contributed by atoms with Gasteiger partial charge in [0.25, 0.3) is 0 Å². The normalized spacial score (nSPS) is 11.8. The molecule has 0 radical (unpaired) electrons. The highest BCUT2D eigenvalue weighted by molar-refractivity contribution is 6.23. The summed E-state index contributed by atoms with van der Waals surface area (Å²) in [7, 11) is 0. The predicted octanol–water partition coefficient (Wildman–Crippen LogP) is 14.6. The highest BCUT2D eigenvalue weighted by Gasteiger charge is 2.24. The van der Waals surface area contributed by atoms with Crippen molar-refractivity contribution < 1.29 is 4.42 Å². The van der Waals surface area contributed by atoms with Crippen LogP contribution in [0.15, 0.2) is 217 Å². The first kappa shape index (κ1) is 35.2. The Morgan fingerprint density at radius 3 is 1.52 bits per heavy atom. The molecule has 0 atom stereocenters. The van der Waals surface area contributed by atoms with Crippen molar-refractivity contribution in [2.24, 2.45) is 0 Å². The largest absolute Gasteiger partial charge is 0.456 e. The Bertz CT molecular complexity index is 3900. The van der Waals surface area contributed by atoms with Gasteiger partial charge >= 0.3 is 0 Å². The molecule has 0 saturated heterocycles. The number of hydrogen-bond acceptors (Lipinski definition) is 4. The van der Waals surface area contributed by atoms with Gasteiger partial charge in [-0.15, -0.1) is 0 Å². The molecule has 6 heteroatoms. The lowest BCUT2D eigenvalue weighted by atomic mass is 9.94. The molecule has 0 saturated carbocycles. The van der Waals surface area contributed by atoms with E-state index >= 15 is 0 Å². The van der Waals surface area contributed by atoms with Gasteiger partial charge in [0, 0.05) is 49.1 Å². The van der Waals surface area contributed by atoms with Crippen molar-refractivity contribution >= 4 is 65.6 Å². The number of benzene rings is 9. The van der Waals surface area contributed by atoms with Crippen LogP contribution in [0.25, 0.3) is 122 Å². The number of fused-ring (bicyclic) bond motifs is 10. The highest BCUT2D eigenvalue weighted by atomic mass is 16.3. The van der Waals surface area contributed by atoms with Crippen LogP contribution in [0.5, 0.6) is 0 Å². The summed E-state index contributed by atoms with van der Waals surface area (Å²) in [6, 6.07) is 74.6. The molecule has 9 aromatic carbocycles. The van der Waals surface area contributed by atoms with Crippen LogP contribution in [0.4, 0.5) is 0 Å². The molecule has 4 heterocycles. The minimum atomic E-state index is 0.538. The van der Waals surface area contributed by atoms with Gasteiger partial charge in [-0.3, -0.25) is 4.57 Å².